The Balaban J connectivity index is 2.29. The molecule has 0 spiro atoms. The predicted octanol–water partition coefficient (Wildman–Crippen LogP) is 2.72. The van der Waals surface area contributed by atoms with Gasteiger partial charge in [0.1, 0.15) is 0 Å². The zero-order valence-corrected chi connectivity index (χ0v) is 13.3. The van der Waals surface area contributed by atoms with Crippen LogP contribution in [-0.4, -0.2) is 40.3 Å². The average molecular weight is 280 g/mol. The Kier molecular flexibility index (Phi) is 7.12. The quantitative estimate of drug-likeness (QED) is 0.744. The molecule has 0 unspecified atom stereocenters. The van der Waals surface area contributed by atoms with Crippen LogP contribution in [-0.2, 0) is 6.54 Å². The molecule has 0 fully saturated rings. The maximum Gasteiger partial charge on any atom is 0.317 e. The Morgan fingerprint density at radius 1 is 1.30 bits per heavy atom. The van der Waals surface area contributed by atoms with Gasteiger partial charge in [0.05, 0.1) is 5.69 Å². The maximum absolute atomic E-state index is 12.0. The molecule has 5 heteroatoms. The van der Waals surface area contributed by atoms with Crippen LogP contribution in [0.25, 0.3) is 0 Å². The molecule has 20 heavy (non-hydrogen) atoms. The third kappa shape index (κ3) is 5.23. The molecular formula is C15H28N4O. The number of nitrogens with zero attached hydrogens (tertiary/aromatic N) is 3. The minimum atomic E-state index is 0.0575. The van der Waals surface area contributed by atoms with Gasteiger partial charge in [0.2, 0.25) is 0 Å². The number of carbonyl (C=O) groups excluding carboxylic acids is 1. The highest BCUT2D eigenvalue weighted by Crippen LogP contribution is 2.02. The van der Waals surface area contributed by atoms with E-state index < -0.39 is 0 Å². The van der Waals surface area contributed by atoms with E-state index in [1.54, 1.807) is 0 Å². The average Bonchev–Trinajstić information content (AvgIpc) is 2.72. The van der Waals surface area contributed by atoms with Crippen molar-refractivity contribution in [2.24, 2.45) is 0 Å². The van der Waals surface area contributed by atoms with E-state index in [4.69, 9.17) is 0 Å². The molecule has 0 radical (unpaired) electrons. The molecule has 0 aromatic carbocycles. The van der Waals surface area contributed by atoms with E-state index in [-0.39, 0.29) is 6.03 Å². The molecular weight excluding hydrogens is 252 g/mol. The summed E-state index contributed by atoms with van der Waals surface area (Å²) in [5.74, 6) is 0. The minimum absolute atomic E-state index is 0.0575. The number of urea groups is 1. The first kappa shape index (κ1) is 16.5. The van der Waals surface area contributed by atoms with Gasteiger partial charge in [0.15, 0.2) is 0 Å². The number of rotatable bonds is 8. The number of amides is 2. The summed E-state index contributed by atoms with van der Waals surface area (Å²) in [6, 6.07) is 2.13. The Morgan fingerprint density at radius 3 is 2.45 bits per heavy atom. The van der Waals surface area contributed by atoms with Gasteiger partial charge in [0.25, 0.3) is 0 Å². The molecule has 0 atom stereocenters. The summed E-state index contributed by atoms with van der Waals surface area (Å²) >= 11 is 0. The van der Waals surface area contributed by atoms with Gasteiger partial charge >= 0.3 is 6.03 Å². The van der Waals surface area contributed by atoms with Gasteiger partial charge in [-0.2, -0.15) is 5.10 Å². The molecule has 1 rings (SSSR count). The first-order valence-corrected chi connectivity index (χ1v) is 7.62. The van der Waals surface area contributed by atoms with Crippen LogP contribution in [0.5, 0.6) is 0 Å². The highest BCUT2D eigenvalue weighted by molar-refractivity contribution is 5.74. The molecule has 0 saturated heterocycles. The standard InChI is InChI=1S/C15H28N4O/c1-5-9-18(10-6-2)15(20)16-8-7-11-19-14(4)12-13(3)17-19/h12H,5-11H2,1-4H3,(H,16,20). The number of hydrogen-bond acceptors (Lipinski definition) is 2. The van der Waals surface area contributed by atoms with Crippen molar-refractivity contribution in [1.82, 2.24) is 20.0 Å². The lowest BCUT2D eigenvalue weighted by Gasteiger charge is -2.21. The third-order valence-corrected chi connectivity index (χ3v) is 3.20. The summed E-state index contributed by atoms with van der Waals surface area (Å²) < 4.78 is 2.00. The molecule has 114 valence electrons. The van der Waals surface area contributed by atoms with Crippen LogP contribution < -0.4 is 5.32 Å². The van der Waals surface area contributed by atoms with Crippen LogP contribution in [0.2, 0.25) is 0 Å². The van der Waals surface area contributed by atoms with E-state index in [0.29, 0.717) is 6.54 Å². The van der Waals surface area contributed by atoms with Crippen molar-refractivity contribution in [2.75, 3.05) is 19.6 Å². The van der Waals surface area contributed by atoms with Gasteiger partial charge in [-0.25, -0.2) is 4.79 Å². The number of carbonyl (C=O) groups is 1. The molecule has 5 nitrogen and oxygen atoms in total. The lowest BCUT2D eigenvalue weighted by atomic mass is 10.3. The zero-order chi connectivity index (χ0) is 15.0. The normalized spacial score (nSPS) is 10.6. The first-order chi connectivity index (χ1) is 9.58. The number of aryl methyl sites for hydroxylation is 3. The van der Waals surface area contributed by atoms with Crippen molar-refractivity contribution in [2.45, 2.75) is 53.5 Å². The highest BCUT2D eigenvalue weighted by atomic mass is 16.2. The zero-order valence-electron chi connectivity index (χ0n) is 13.3. The number of hydrogen-bond donors (Lipinski definition) is 1. The fourth-order valence-electron chi connectivity index (χ4n) is 2.29. The molecule has 0 saturated carbocycles. The summed E-state index contributed by atoms with van der Waals surface area (Å²) in [5.41, 5.74) is 2.22. The van der Waals surface area contributed by atoms with Crippen molar-refractivity contribution in [3.05, 3.63) is 17.5 Å². The summed E-state index contributed by atoms with van der Waals surface area (Å²) in [4.78, 5) is 13.9. The third-order valence-electron chi connectivity index (χ3n) is 3.20. The Bertz CT molecular complexity index is 408. The first-order valence-electron chi connectivity index (χ1n) is 7.62. The van der Waals surface area contributed by atoms with Crippen LogP contribution >= 0.6 is 0 Å². The number of aromatic nitrogens is 2. The molecule has 1 N–H and O–H groups in total. The van der Waals surface area contributed by atoms with Crippen molar-refractivity contribution >= 4 is 6.03 Å². The van der Waals surface area contributed by atoms with Gasteiger partial charge in [-0.15, -0.1) is 0 Å². The lowest BCUT2D eigenvalue weighted by Crippen LogP contribution is -2.41. The molecule has 2 amide bonds. The monoisotopic (exact) mass is 280 g/mol. The summed E-state index contributed by atoms with van der Waals surface area (Å²) in [7, 11) is 0. The lowest BCUT2D eigenvalue weighted by molar-refractivity contribution is 0.197. The summed E-state index contributed by atoms with van der Waals surface area (Å²) in [6.45, 7) is 11.5. The van der Waals surface area contributed by atoms with Gasteiger partial charge < -0.3 is 10.2 Å². The molecule has 0 aliphatic carbocycles. The van der Waals surface area contributed by atoms with E-state index >= 15 is 0 Å². The van der Waals surface area contributed by atoms with Gasteiger partial charge in [-0.3, -0.25) is 4.68 Å². The summed E-state index contributed by atoms with van der Waals surface area (Å²) in [5, 5.41) is 7.41. The van der Waals surface area contributed by atoms with Crippen molar-refractivity contribution in [3.8, 4) is 0 Å². The van der Waals surface area contributed by atoms with Gasteiger partial charge in [0, 0.05) is 31.9 Å². The van der Waals surface area contributed by atoms with Crippen LogP contribution in [0.1, 0.15) is 44.5 Å². The largest absolute Gasteiger partial charge is 0.338 e. The van der Waals surface area contributed by atoms with Crippen molar-refractivity contribution in [3.63, 3.8) is 0 Å². The van der Waals surface area contributed by atoms with Gasteiger partial charge in [-0.1, -0.05) is 13.8 Å². The van der Waals surface area contributed by atoms with Crippen LogP contribution in [0, 0.1) is 13.8 Å². The topological polar surface area (TPSA) is 50.2 Å². The fourth-order valence-corrected chi connectivity index (χ4v) is 2.29. The molecule has 0 aliphatic heterocycles. The van der Waals surface area contributed by atoms with E-state index in [2.05, 4.69) is 37.3 Å². The fraction of sp³-hybridized carbons (Fsp3) is 0.733. The van der Waals surface area contributed by atoms with Crippen LogP contribution in [0.3, 0.4) is 0 Å². The Labute approximate surface area is 122 Å². The Hall–Kier alpha value is -1.52. The second-order valence-corrected chi connectivity index (χ2v) is 5.22. The van der Waals surface area contributed by atoms with E-state index in [0.717, 1.165) is 44.6 Å². The van der Waals surface area contributed by atoms with E-state index in [1.807, 2.05) is 16.5 Å². The maximum atomic E-state index is 12.0. The number of nitrogens with one attached hydrogen (secondary N) is 1. The molecule has 0 bridgehead atoms. The predicted molar refractivity (Wildman–Crippen MR) is 81.9 cm³/mol. The van der Waals surface area contributed by atoms with Crippen LogP contribution in [0.4, 0.5) is 4.79 Å². The van der Waals surface area contributed by atoms with Crippen molar-refractivity contribution in [1.29, 1.82) is 0 Å². The minimum Gasteiger partial charge on any atom is -0.338 e. The van der Waals surface area contributed by atoms with Crippen molar-refractivity contribution < 1.29 is 4.79 Å². The van der Waals surface area contributed by atoms with Crippen LogP contribution in [0.15, 0.2) is 6.07 Å². The summed E-state index contributed by atoms with van der Waals surface area (Å²) in [6.07, 6.45) is 2.90. The highest BCUT2D eigenvalue weighted by Gasteiger charge is 2.10. The molecule has 1 aromatic heterocycles. The van der Waals surface area contributed by atoms with E-state index in [9.17, 15) is 4.79 Å². The molecule has 1 heterocycles. The second kappa shape index (κ2) is 8.61. The van der Waals surface area contributed by atoms with E-state index in [1.165, 1.54) is 5.69 Å². The SMILES string of the molecule is CCCN(CCC)C(=O)NCCCn1nc(C)cc1C. The molecule has 1 aromatic rings. The molecule has 0 aliphatic rings. The second-order valence-electron chi connectivity index (χ2n) is 5.22. The smallest absolute Gasteiger partial charge is 0.317 e. The Morgan fingerprint density at radius 2 is 1.95 bits per heavy atom. The van der Waals surface area contributed by atoms with Gasteiger partial charge in [-0.05, 0) is 39.2 Å².